The number of carbonyl (C=O) groups is 2. The molecule has 0 aliphatic rings. The van der Waals surface area contributed by atoms with Crippen LogP contribution in [-0.2, 0) is 4.79 Å². The number of carbonyl (C=O) groups excluding carboxylic acids is 1. The number of amides is 1. The van der Waals surface area contributed by atoms with E-state index in [9.17, 15) is 27.2 Å². The number of alkyl halides is 3. The summed E-state index contributed by atoms with van der Waals surface area (Å²) in [6.07, 6.45) is -5.23. The second kappa shape index (κ2) is 5.12. The normalized spacial score (nSPS) is 11.0. The van der Waals surface area contributed by atoms with Crippen LogP contribution in [0.2, 0.25) is 0 Å². The summed E-state index contributed by atoms with van der Waals surface area (Å²) in [6, 6.07) is 1.45. The molecule has 0 aliphatic carbocycles. The molecule has 5 nitrogen and oxygen atoms in total. The smallest absolute Gasteiger partial charge is 0.471 e. The molecule has 1 rings (SSSR count). The second-order valence-corrected chi connectivity index (χ2v) is 3.29. The third kappa shape index (κ3) is 3.33. The van der Waals surface area contributed by atoms with Crippen LogP contribution in [0.25, 0.3) is 0 Å². The number of benzene rings is 1. The van der Waals surface area contributed by atoms with Crippen LogP contribution in [-0.4, -0.2) is 30.3 Å². The van der Waals surface area contributed by atoms with E-state index >= 15 is 0 Å². The van der Waals surface area contributed by atoms with Crippen molar-refractivity contribution in [2.24, 2.45) is 0 Å². The van der Waals surface area contributed by atoms with Crippen molar-refractivity contribution in [3.63, 3.8) is 0 Å². The third-order valence-electron chi connectivity index (χ3n) is 2.02. The number of methoxy groups -OCH3 is 1. The van der Waals surface area contributed by atoms with E-state index in [4.69, 9.17) is 5.11 Å². The third-order valence-corrected chi connectivity index (χ3v) is 2.02. The highest BCUT2D eigenvalue weighted by atomic mass is 19.4. The van der Waals surface area contributed by atoms with Crippen LogP contribution in [0.15, 0.2) is 12.1 Å². The number of hydrogen-bond acceptors (Lipinski definition) is 3. The van der Waals surface area contributed by atoms with Crippen molar-refractivity contribution in [1.82, 2.24) is 0 Å². The van der Waals surface area contributed by atoms with E-state index in [0.717, 1.165) is 13.2 Å². The summed E-state index contributed by atoms with van der Waals surface area (Å²) in [4.78, 5) is 21.5. The Kier molecular flexibility index (Phi) is 3.98. The number of carboxylic acid groups (broad SMARTS) is 1. The molecule has 0 atom stereocenters. The molecule has 1 amide bonds. The first kappa shape index (κ1) is 14.7. The molecule has 0 saturated heterocycles. The summed E-state index contributed by atoms with van der Waals surface area (Å²) < 4.78 is 54.2. The lowest BCUT2D eigenvalue weighted by molar-refractivity contribution is -0.167. The first-order valence-corrected chi connectivity index (χ1v) is 4.65. The fourth-order valence-electron chi connectivity index (χ4n) is 1.21. The molecule has 2 N–H and O–H groups in total. The van der Waals surface area contributed by atoms with Gasteiger partial charge < -0.3 is 15.2 Å². The summed E-state index contributed by atoms with van der Waals surface area (Å²) >= 11 is 0. The van der Waals surface area contributed by atoms with Crippen LogP contribution in [0, 0.1) is 5.82 Å². The minimum atomic E-state index is -5.23. The van der Waals surface area contributed by atoms with Gasteiger partial charge in [-0.1, -0.05) is 0 Å². The van der Waals surface area contributed by atoms with Gasteiger partial charge in [0.1, 0.15) is 17.1 Å². The van der Waals surface area contributed by atoms with Gasteiger partial charge >= 0.3 is 18.1 Å². The van der Waals surface area contributed by atoms with E-state index < -0.39 is 35.1 Å². The predicted molar refractivity (Wildman–Crippen MR) is 54.6 cm³/mol. The Bertz CT molecular complexity index is 527. The van der Waals surface area contributed by atoms with E-state index in [-0.39, 0.29) is 5.75 Å². The molecule has 0 radical (unpaired) electrons. The maximum atomic E-state index is 13.4. The minimum Gasteiger partial charge on any atom is -0.497 e. The minimum absolute atomic E-state index is 0.236. The molecule has 9 heteroatoms. The van der Waals surface area contributed by atoms with Gasteiger partial charge in [0.15, 0.2) is 0 Å². The molecule has 0 aromatic heterocycles. The Morgan fingerprint density at radius 3 is 2.32 bits per heavy atom. The predicted octanol–water partition coefficient (Wildman–Crippen LogP) is 2.03. The quantitative estimate of drug-likeness (QED) is 0.831. The number of rotatable bonds is 3. The molecule has 19 heavy (non-hydrogen) atoms. The number of hydrogen-bond donors (Lipinski definition) is 2. The first-order chi connectivity index (χ1) is 8.66. The zero-order valence-electron chi connectivity index (χ0n) is 9.34. The number of ether oxygens (including phenoxy) is 1. The zero-order chi connectivity index (χ0) is 14.8. The first-order valence-electron chi connectivity index (χ1n) is 4.65. The van der Waals surface area contributed by atoms with Gasteiger partial charge in [0.2, 0.25) is 0 Å². The molecule has 0 unspecified atom stereocenters. The van der Waals surface area contributed by atoms with Crippen LogP contribution in [0.3, 0.4) is 0 Å². The number of carboxylic acids is 1. The number of halogens is 4. The highest BCUT2D eigenvalue weighted by molar-refractivity contribution is 6.02. The number of aromatic carboxylic acids is 1. The molecule has 0 bridgehead atoms. The second-order valence-electron chi connectivity index (χ2n) is 3.29. The lowest BCUT2D eigenvalue weighted by atomic mass is 10.1. The number of anilines is 1. The average Bonchev–Trinajstić information content (AvgIpc) is 2.26. The van der Waals surface area contributed by atoms with Crippen molar-refractivity contribution in [3.8, 4) is 5.75 Å². The fraction of sp³-hybridized carbons (Fsp3) is 0.200. The Balaban J connectivity index is 3.28. The van der Waals surface area contributed by atoms with E-state index in [1.165, 1.54) is 5.32 Å². The van der Waals surface area contributed by atoms with Gasteiger partial charge in [-0.25, -0.2) is 9.18 Å². The molecule has 0 saturated carbocycles. The lowest BCUT2D eigenvalue weighted by Crippen LogP contribution is -2.30. The van der Waals surface area contributed by atoms with Crippen LogP contribution in [0.1, 0.15) is 10.4 Å². The van der Waals surface area contributed by atoms with Crippen molar-refractivity contribution in [1.29, 1.82) is 0 Å². The van der Waals surface area contributed by atoms with Gasteiger partial charge in [0.25, 0.3) is 0 Å². The van der Waals surface area contributed by atoms with Crippen LogP contribution in [0.4, 0.5) is 23.2 Å². The molecule has 0 fully saturated rings. The summed E-state index contributed by atoms with van der Waals surface area (Å²) in [5, 5.41) is 10.00. The Labute approximate surface area is 103 Å². The SMILES string of the molecule is COc1cc(F)c(C(=O)O)c(NC(=O)C(F)(F)F)c1. The van der Waals surface area contributed by atoms with Gasteiger partial charge in [0, 0.05) is 12.1 Å². The molecule has 104 valence electrons. The molecule has 0 heterocycles. The monoisotopic (exact) mass is 281 g/mol. The molecule has 1 aromatic carbocycles. The van der Waals surface area contributed by atoms with Crippen LogP contribution < -0.4 is 10.1 Å². The maximum absolute atomic E-state index is 13.4. The Morgan fingerprint density at radius 2 is 1.89 bits per heavy atom. The van der Waals surface area contributed by atoms with Crippen LogP contribution >= 0.6 is 0 Å². The summed E-state index contributed by atoms with van der Waals surface area (Å²) in [7, 11) is 1.10. The van der Waals surface area contributed by atoms with Crippen molar-refractivity contribution in [3.05, 3.63) is 23.5 Å². The van der Waals surface area contributed by atoms with E-state index in [2.05, 4.69) is 4.74 Å². The topological polar surface area (TPSA) is 75.6 Å². The summed E-state index contributed by atoms with van der Waals surface area (Å²) in [5.74, 6) is -5.80. The van der Waals surface area contributed by atoms with Gasteiger partial charge in [0.05, 0.1) is 12.8 Å². The maximum Gasteiger partial charge on any atom is 0.471 e. The van der Waals surface area contributed by atoms with Gasteiger partial charge in [-0.05, 0) is 0 Å². The number of nitrogens with one attached hydrogen (secondary N) is 1. The molecular formula is C10H7F4NO4. The lowest BCUT2D eigenvalue weighted by Gasteiger charge is -2.12. The Hall–Kier alpha value is -2.32. The van der Waals surface area contributed by atoms with Gasteiger partial charge in [-0.15, -0.1) is 0 Å². The standard InChI is InChI=1S/C10H7F4NO4/c1-19-4-2-5(11)7(8(16)17)6(3-4)15-9(18)10(12,13)14/h2-3H,1H3,(H,15,18)(H,16,17). The van der Waals surface area contributed by atoms with Crippen molar-refractivity contribution < 1.29 is 37.0 Å². The zero-order valence-corrected chi connectivity index (χ0v) is 9.34. The highest BCUT2D eigenvalue weighted by Gasteiger charge is 2.39. The van der Waals surface area contributed by atoms with Crippen LogP contribution in [0.5, 0.6) is 5.75 Å². The average molecular weight is 281 g/mol. The molecule has 0 aliphatic heterocycles. The van der Waals surface area contributed by atoms with Gasteiger partial charge in [-0.3, -0.25) is 4.79 Å². The van der Waals surface area contributed by atoms with Gasteiger partial charge in [-0.2, -0.15) is 13.2 Å². The van der Waals surface area contributed by atoms with E-state index in [1.807, 2.05) is 0 Å². The summed E-state index contributed by atoms with van der Waals surface area (Å²) in [5.41, 5.74) is -1.93. The molecule has 0 spiro atoms. The Morgan fingerprint density at radius 1 is 1.32 bits per heavy atom. The molecular weight excluding hydrogens is 274 g/mol. The summed E-state index contributed by atoms with van der Waals surface area (Å²) in [6.45, 7) is 0. The van der Waals surface area contributed by atoms with E-state index in [0.29, 0.717) is 6.07 Å². The highest BCUT2D eigenvalue weighted by Crippen LogP contribution is 2.27. The van der Waals surface area contributed by atoms with Crippen molar-refractivity contribution in [2.75, 3.05) is 12.4 Å². The van der Waals surface area contributed by atoms with E-state index in [1.54, 1.807) is 0 Å². The van der Waals surface area contributed by atoms with Crippen molar-refractivity contribution >= 4 is 17.6 Å². The fourth-order valence-corrected chi connectivity index (χ4v) is 1.21. The van der Waals surface area contributed by atoms with Crippen molar-refractivity contribution in [2.45, 2.75) is 6.18 Å². The largest absolute Gasteiger partial charge is 0.497 e. The molecule has 1 aromatic rings.